The number of ketones is 1. The van der Waals surface area contributed by atoms with Crippen LogP contribution in [0.5, 0.6) is 0 Å². The van der Waals surface area contributed by atoms with Gasteiger partial charge in [0.25, 0.3) is 0 Å². The standard InChI is InChI=1S/C18H17F2NO.C2H2O4/c19-16-8-4-7-15(17(16)20)18(22)14-9-10-21(12-14)11-13-5-2-1-3-6-13;3-1(4)2(5)6/h1-8,14H,9-12H2;(H,3,4)(H,5,6). The monoisotopic (exact) mass is 391 g/mol. The topological polar surface area (TPSA) is 94.9 Å². The summed E-state index contributed by atoms with van der Waals surface area (Å²) >= 11 is 0. The van der Waals surface area contributed by atoms with Gasteiger partial charge in [-0.15, -0.1) is 0 Å². The Hall–Kier alpha value is -3.13. The van der Waals surface area contributed by atoms with Crippen LogP contribution in [0.2, 0.25) is 0 Å². The molecule has 3 rings (SSSR count). The number of halogens is 2. The summed E-state index contributed by atoms with van der Waals surface area (Å²) < 4.78 is 27.0. The van der Waals surface area contributed by atoms with Gasteiger partial charge >= 0.3 is 11.9 Å². The molecule has 1 unspecified atom stereocenters. The maximum absolute atomic E-state index is 13.7. The summed E-state index contributed by atoms with van der Waals surface area (Å²) in [6, 6.07) is 13.8. The zero-order valence-electron chi connectivity index (χ0n) is 14.8. The summed E-state index contributed by atoms with van der Waals surface area (Å²) in [4.78, 5) is 32.8. The molecule has 0 amide bonds. The lowest BCUT2D eigenvalue weighted by atomic mass is 9.96. The lowest BCUT2D eigenvalue weighted by Gasteiger charge is -2.16. The van der Waals surface area contributed by atoms with Crippen LogP contribution < -0.4 is 0 Å². The van der Waals surface area contributed by atoms with Gasteiger partial charge in [0.1, 0.15) is 0 Å². The number of carboxylic acid groups (broad SMARTS) is 2. The van der Waals surface area contributed by atoms with Crippen molar-refractivity contribution in [1.82, 2.24) is 4.90 Å². The van der Waals surface area contributed by atoms with Gasteiger partial charge in [-0.3, -0.25) is 9.69 Å². The number of carboxylic acids is 2. The van der Waals surface area contributed by atoms with E-state index in [1.165, 1.54) is 17.7 Å². The number of hydrogen-bond acceptors (Lipinski definition) is 4. The fourth-order valence-corrected chi connectivity index (χ4v) is 2.95. The molecule has 8 heteroatoms. The molecule has 2 aromatic carbocycles. The Bertz CT molecular complexity index is 845. The largest absolute Gasteiger partial charge is 0.473 e. The highest BCUT2D eigenvalue weighted by Crippen LogP contribution is 2.24. The quantitative estimate of drug-likeness (QED) is 0.615. The molecule has 1 saturated heterocycles. The van der Waals surface area contributed by atoms with Crippen LogP contribution in [-0.2, 0) is 16.1 Å². The van der Waals surface area contributed by atoms with Crippen LogP contribution >= 0.6 is 0 Å². The third-order valence-corrected chi connectivity index (χ3v) is 4.29. The molecule has 0 bridgehead atoms. The van der Waals surface area contributed by atoms with E-state index < -0.39 is 23.6 Å². The smallest absolute Gasteiger partial charge is 0.414 e. The highest BCUT2D eigenvalue weighted by Gasteiger charge is 2.30. The second-order valence-electron chi connectivity index (χ2n) is 6.28. The lowest BCUT2D eigenvalue weighted by molar-refractivity contribution is -0.159. The van der Waals surface area contributed by atoms with Crippen LogP contribution in [0.25, 0.3) is 0 Å². The number of carbonyl (C=O) groups is 3. The number of hydrogen-bond donors (Lipinski definition) is 2. The second-order valence-corrected chi connectivity index (χ2v) is 6.28. The van der Waals surface area contributed by atoms with E-state index in [1.807, 2.05) is 30.3 Å². The molecule has 1 aliphatic heterocycles. The predicted molar refractivity (Wildman–Crippen MR) is 95.8 cm³/mol. The fourth-order valence-electron chi connectivity index (χ4n) is 2.95. The Labute approximate surface area is 160 Å². The molecule has 0 spiro atoms. The van der Waals surface area contributed by atoms with Crippen molar-refractivity contribution in [2.45, 2.75) is 13.0 Å². The van der Waals surface area contributed by atoms with Crippen LogP contribution in [0.1, 0.15) is 22.3 Å². The van der Waals surface area contributed by atoms with Gasteiger partial charge in [0.15, 0.2) is 17.4 Å². The molecule has 0 saturated carbocycles. The van der Waals surface area contributed by atoms with E-state index in [9.17, 15) is 13.6 Å². The summed E-state index contributed by atoms with van der Waals surface area (Å²) in [6.07, 6.45) is 0.682. The molecule has 1 heterocycles. The van der Waals surface area contributed by atoms with Gasteiger partial charge in [0.2, 0.25) is 0 Å². The van der Waals surface area contributed by atoms with E-state index in [-0.39, 0.29) is 17.3 Å². The van der Waals surface area contributed by atoms with Crippen LogP contribution in [0.15, 0.2) is 48.5 Å². The zero-order chi connectivity index (χ0) is 20.7. The summed E-state index contributed by atoms with van der Waals surface area (Å²) in [5, 5.41) is 14.8. The van der Waals surface area contributed by atoms with E-state index in [4.69, 9.17) is 19.8 Å². The first kappa shape index (κ1) is 21.2. The molecule has 6 nitrogen and oxygen atoms in total. The summed E-state index contributed by atoms with van der Waals surface area (Å²) in [6.45, 7) is 2.15. The molecule has 2 N–H and O–H groups in total. The minimum Gasteiger partial charge on any atom is -0.473 e. The van der Waals surface area contributed by atoms with Gasteiger partial charge in [-0.05, 0) is 30.7 Å². The van der Waals surface area contributed by atoms with Gasteiger partial charge in [-0.1, -0.05) is 36.4 Å². The average molecular weight is 391 g/mol. The van der Waals surface area contributed by atoms with Crippen LogP contribution in [0, 0.1) is 17.6 Å². The van der Waals surface area contributed by atoms with Crippen molar-refractivity contribution in [3.8, 4) is 0 Å². The first-order valence-corrected chi connectivity index (χ1v) is 8.50. The molecule has 1 fully saturated rings. The third-order valence-electron chi connectivity index (χ3n) is 4.29. The Kier molecular flexibility index (Phi) is 7.34. The van der Waals surface area contributed by atoms with Crippen molar-refractivity contribution in [3.63, 3.8) is 0 Å². The molecule has 148 valence electrons. The molecule has 2 aromatic rings. The van der Waals surface area contributed by atoms with Crippen molar-refractivity contribution >= 4 is 17.7 Å². The van der Waals surface area contributed by atoms with Gasteiger partial charge in [-0.2, -0.15) is 0 Å². The van der Waals surface area contributed by atoms with Crippen LogP contribution in [0.3, 0.4) is 0 Å². The van der Waals surface area contributed by atoms with E-state index >= 15 is 0 Å². The second kappa shape index (κ2) is 9.70. The average Bonchev–Trinajstić information content (AvgIpc) is 3.13. The van der Waals surface area contributed by atoms with Crippen molar-refractivity contribution in [2.24, 2.45) is 5.92 Å². The maximum Gasteiger partial charge on any atom is 0.414 e. The zero-order valence-corrected chi connectivity index (χ0v) is 14.8. The summed E-state index contributed by atoms with van der Waals surface area (Å²) in [5.41, 5.74) is 1.05. The maximum atomic E-state index is 13.7. The molecular formula is C20H19F2NO5. The van der Waals surface area contributed by atoms with Crippen molar-refractivity contribution in [1.29, 1.82) is 0 Å². The van der Waals surface area contributed by atoms with E-state index in [0.29, 0.717) is 13.0 Å². The minimum atomic E-state index is -1.82. The normalized spacial score (nSPS) is 16.1. The fraction of sp³-hybridized carbons (Fsp3) is 0.250. The molecule has 0 aromatic heterocycles. The number of aliphatic carboxylic acids is 2. The first-order chi connectivity index (χ1) is 13.3. The Morgan fingerprint density at radius 1 is 0.964 bits per heavy atom. The molecule has 0 radical (unpaired) electrons. The summed E-state index contributed by atoms with van der Waals surface area (Å²) in [5.74, 6) is -6.21. The van der Waals surface area contributed by atoms with Gasteiger partial charge in [0.05, 0.1) is 5.56 Å². The van der Waals surface area contributed by atoms with Gasteiger partial charge in [-0.25, -0.2) is 18.4 Å². The molecule has 28 heavy (non-hydrogen) atoms. The van der Waals surface area contributed by atoms with Crippen LogP contribution in [-0.4, -0.2) is 45.9 Å². The van der Waals surface area contributed by atoms with Crippen molar-refractivity contribution < 1.29 is 33.4 Å². The number of nitrogens with zero attached hydrogens (tertiary/aromatic N) is 1. The Morgan fingerprint density at radius 2 is 1.61 bits per heavy atom. The third kappa shape index (κ3) is 5.68. The first-order valence-electron chi connectivity index (χ1n) is 8.50. The van der Waals surface area contributed by atoms with Gasteiger partial charge in [0, 0.05) is 19.0 Å². The van der Waals surface area contributed by atoms with Crippen LogP contribution in [0.4, 0.5) is 8.78 Å². The highest BCUT2D eigenvalue weighted by molar-refractivity contribution is 6.27. The highest BCUT2D eigenvalue weighted by atomic mass is 19.2. The Balaban J connectivity index is 0.000000409. The van der Waals surface area contributed by atoms with Gasteiger partial charge < -0.3 is 10.2 Å². The Morgan fingerprint density at radius 3 is 2.21 bits per heavy atom. The molecule has 1 aliphatic rings. The molecule has 1 atom stereocenters. The number of rotatable bonds is 4. The lowest BCUT2D eigenvalue weighted by Crippen LogP contribution is -2.23. The number of benzene rings is 2. The van der Waals surface area contributed by atoms with Crippen molar-refractivity contribution in [2.75, 3.05) is 13.1 Å². The predicted octanol–water partition coefficient (Wildman–Crippen LogP) is 2.83. The molecule has 0 aliphatic carbocycles. The SMILES string of the molecule is O=C(O)C(=O)O.O=C(c1cccc(F)c1F)C1CCN(Cc2ccccc2)C1. The van der Waals surface area contributed by atoms with E-state index in [0.717, 1.165) is 19.2 Å². The number of Topliss-reactive ketones (excluding diaryl/α,β-unsaturated/α-hetero) is 1. The minimum absolute atomic E-state index is 0.133. The van der Waals surface area contributed by atoms with E-state index in [2.05, 4.69) is 4.90 Å². The van der Waals surface area contributed by atoms with Crippen molar-refractivity contribution in [3.05, 3.63) is 71.3 Å². The number of carbonyl (C=O) groups excluding carboxylic acids is 1. The summed E-state index contributed by atoms with van der Waals surface area (Å²) in [7, 11) is 0. The van der Waals surface area contributed by atoms with E-state index in [1.54, 1.807) is 0 Å². The number of likely N-dealkylation sites (tertiary alicyclic amines) is 1. The molecular weight excluding hydrogens is 372 g/mol.